The third-order valence-electron chi connectivity index (χ3n) is 3.88. The standard InChI is InChI=1S/C14H23N3O3/c1-20-9-13(18)16-12-4-6-17(7-5-12)14(19)10-2-3-11(15)8-10/h2-3,10-12H,4-9,15H2,1H3,(H,16,18). The second-order valence-corrected chi connectivity index (χ2v) is 5.49. The average molecular weight is 281 g/mol. The number of methoxy groups -OCH3 is 1. The minimum atomic E-state index is -0.0954. The van der Waals surface area contributed by atoms with Crippen molar-refractivity contribution in [1.29, 1.82) is 0 Å². The molecule has 0 aromatic rings. The Balaban J connectivity index is 1.75. The molecule has 3 N–H and O–H groups in total. The van der Waals surface area contributed by atoms with E-state index in [1.807, 2.05) is 17.1 Å². The smallest absolute Gasteiger partial charge is 0.246 e. The van der Waals surface area contributed by atoms with Gasteiger partial charge in [-0.1, -0.05) is 12.2 Å². The van der Waals surface area contributed by atoms with E-state index < -0.39 is 0 Å². The fourth-order valence-corrected chi connectivity index (χ4v) is 2.79. The van der Waals surface area contributed by atoms with Gasteiger partial charge in [0.1, 0.15) is 6.61 Å². The molecule has 2 unspecified atom stereocenters. The van der Waals surface area contributed by atoms with Gasteiger partial charge in [0.2, 0.25) is 11.8 Å². The number of likely N-dealkylation sites (tertiary alicyclic amines) is 1. The molecular formula is C14H23N3O3. The van der Waals surface area contributed by atoms with Gasteiger partial charge in [-0.3, -0.25) is 9.59 Å². The van der Waals surface area contributed by atoms with Gasteiger partial charge in [0.15, 0.2) is 0 Å². The molecule has 112 valence electrons. The van der Waals surface area contributed by atoms with Gasteiger partial charge >= 0.3 is 0 Å². The monoisotopic (exact) mass is 281 g/mol. The molecule has 0 aromatic heterocycles. The molecule has 0 aromatic carbocycles. The number of ether oxygens (including phenoxy) is 1. The van der Waals surface area contributed by atoms with E-state index in [-0.39, 0.29) is 36.4 Å². The number of carbonyl (C=O) groups is 2. The Labute approximate surface area is 119 Å². The van der Waals surface area contributed by atoms with Gasteiger partial charge in [0.25, 0.3) is 0 Å². The molecule has 1 saturated heterocycles. The lowest BCUT2D eigenvalue weighted by Gasteiger charge is -2.33. The van der Waals surface area contributed by atoms with Crippen LogP contribution in [0.1, 0.15) is 19.3 Å². The zero-order valence-corrected chi connectivity index (χ0v) is 11.9. The van der Waals surface area contributed by atoms with E-state index in [1.54, 1.807) is 0 Å². The predicted molar refractivity (Wildman–Crippen MR) is 74.8 cm³/mol. The van der Waals surface area contributed by atoms with Crippen LogP contribution >= 0.6 is 0 Å². The number of hydrogen-bond acceptors (Lipinski definition) is 4. The number of rotatable bonds is 4. The maximum atomic E-state index is 12.3. The van der Waals surface area contributed by atoms with Crippen molar-refractivity contribution in [2.75, 3.05) is 26.8 Å². The van der Waals surface area contributed by atoms with Crippen LogP contribution < -0.4 is 11.1 Å². The highest BCUT2D eigenvalue weighted by atomic mass is 16.5. The number of piperidine rings is 1. The van der Waals surface area contributed by atoms with E-state index in [2.05, 4.69) is 5.32 Å². The van der Waals surface area contributed by atoms with Gasteiger partial charge in [-0.2, -0.15) is 0 Å². The molecule has 2 atom stereocenters. The molecule has 0 saturated carbocycles. The zero-order valence-electron chi connectivity index (χ0n) is 11.9. The van der Waals surface area contributed by atoms with Crippen molar-refractivity contribution < 1.29 is 14.3 Å². The van der Waals surface area contributed by atoms with Crippen LogP contribution in [-0.4, -0.2) is 55.6 Å². The van der Waals surface area contributed by atoms with Gasteiger partial charge < -0.3 is 20.7 Å². The molecule has 2 rings (SSSR count). The average Bonchev–Trinajstić information content (AvgIpc) is 2.86. The normalized spacial score (nSPS) is 26.8. The molecule has 1 aliphatic heterocycles. The Morgan fingerprint density at radius 3 is 2.60 bits per heavy atom. The number of carbonyl (C=O) groups excluding carboxylic acids is 2. The lowest BCUT2D eigenvalue weighted by molar-refractivity contribution is -0.135. The van der Waals surface area contributed by atoms with E-state index in [1.165, 1.54) is 7.11 Å². The summed E-state index contributed by atoms with van der Waals surface area (Å²) in [5, 5.41) is 2.92. The first kappa shape index (κ1) is 15.0. The van der Waals surface area contributed by atoms with Gasteiger partial charge in [-0.05, 0) is 19.3 Å². The summed E-state index contributed by atoms with van der Waals surface area (Å²) in [5.74, 6) is 0.00229. The van der Waals surface area contributed by atoms with Crippen molar-refractivity contribution in [2.45, 2.75) is 31.3 Å². The van der Waals surface area contributed by atoms with Crippen molar-refractivity contribution in [3.05, 3.63) is 12.2 Å². The largest absolute Gasteiger partial charge is 0.375 e. The van der Waals surface area contributed by atoms with Crippen molar-refractivity contribution in [2.24, 2.45) is 11.7 Å². The number of nitrogens with two attached hydrogens (primary N) is 1. The Morgan fingerprint density at radius 2 is 2.05 bits per heavy atom. The molecule has 0 radical (unpaired) electrons. The van der Waals surface area contributed by atoms with Crippen LogP contribution in [-0.2, 0) is 14.3 Å². The van der Waals surface area contributed by atoms with E-state index in [0.29, 0.717) is 19.5 Å². The Morgan fingerprint density at radius 1 is 1.35 bits per heavy atom. The highest BCUT2D eigenvalue weighted by molar-refractivity contribution is 5.81. The fourth-order valence-electron chi connectivity index (χ4n) is 2.79. The Hall–Kier alpha value is -1.40. The van der Waals surface area contributed by atoms with Gasteiger partial charge in [0, 0.05) is 32.3 Å². The van der Waals surface area contributed by atoms with Gasteiger partial charge in [0.05, 0.1) is 5.92 Å². The summed E-state index contributed by atoms with van der Waals surface area (Å²) in [6.07, 6.45) is 6.12. The summed E-state index contributed by atoms with van der Waals surface area (Å²) in [5.41, 5.74) is 5.78. The number of amides is 2. The predicted octanol–water partition coefficient (Wildman–Crippen LogP) is -0.357. The molecule has 1 aliphatic carbocycles. The van der Waals surface area contributed by atoms with Gasteiger partial charge in [-0.25, -0.2) is 0 Å². The molecule has 1 fully saturated rings. The van der Waals surface area contributed by atoms with E-state index >= 15 is 0 Å². The highest BCUT2D eigenvalue weighted by Gasteiger charge is 2.30. The Bertz CT molecular complexity index is 389. The molecule has 6 nitrogen and oxygen atoms in total. The summed E-state index contributed by atoms with van der Waals surface area (Å²) in [7, 11) is 1.50. The van der Waals surface area contributed by atoms with Crippen LogP contribution in [0, 0.1) is 5.92 Å². The first-order valence-corrected chi connectivity index (χ1v) is 7.11. The fraction of sp³-hybridized carbons (Fsp3) is 0.714. The van der Waals surface area contributed by atoms with E-state index in [0.717, 1.165) is 12.8 Å². The number of hydrogen-bond donors (Lipinski definition) is 2. The second kappa shape index (κ2) is 6.85. The first-order chi connectivity index (χ1) is 9.60. The summed E-state index contributed by atoms with van der Waals surface area (Å²) in [6.45, 7) is 1.47. The molecule has 0 bridgehead atoms. The zero-order chi connectivity index (χ0) is 14.5. The van der Waals surface area contributed by atoms with Crippen LogP contribution in [0.2, 0.25) is 0 Å². The van der Waals surface area contributed by atoms with Crippen LogP contribution in [0.4, 0.5) is 0 Å². The van der Waals surface area contributed by atoms with Crippen molar-refractivity contribution >= 4 is 11.8 Å². The molecule has 1 heterocycles. The minimum absolute atomic E-state index is 0.00909. The van der Waals surface area contributed by atoms with E-state index in [9.17, 15) is 9.59 Å². The summed E-state index contributed by atoms with van der Waals surface area (Å²) in [6, 6.07) is 0.151. The highest BCUT2D eigenvalue weighted by Crippen LogP contribution is 2.21. The van der Waals surface area contributed by atoms with Crippen LogP contribution in [0.3, 0.4) is 0 Å². The van der Waals surface area contributed by atoms with Crippen LogP contribution in [0.5, 0.6) is 0 Å². The summed E-state index contributed by atoms with van der Waals surface area (Å²) in [4.78, 5) is 25.6. The van der Waals surface area contributed by atoms with E-state index in [4.69, 9.17) is 10.5 Å². The summed E-state index contributed by atoms with van der Waals surface area (Å²) < 4.78 is 4.79. The Kier molecular flexibility index (Phi) is 5.14. The molecule has 20 heavy (non-hydrogen) atoms. The molecule has 2 amide bonds. The number of nitrogens with zero attached hydrogens (tertiary/aromatic N) is 1. The van der Waals surface area contributed by atoms with Crippen molar-refractivity contribution in [3.8, 4) is 0 Å². The number of nitrogens with one attached hydrogen (secondary N) is 1. The SMILES string of the molecule is COCC(=O)NC1CCN(C(=O)C2C=CC(N)C2)CC1. The molecule has 0 spiro atoms. The maximum Gasteiger partial charge on any atom is 0.246 e. The topological polar surface area (TPSA) is 84.7 Å². The summed E-state index contributed by atoms with van der Waals surface area (Å²) >= 11 is 0. The lowest BCUT2D eigenvalue weighted by Crippen LogP contribution is -2.48. The van der Waals surface area contributed by atoms with Crippen LogP contribution in [0.15, 0.2) is 12.2 Å². The molecule has 6 heteroatoms. The lowest BCUT2D eigenvalue weighted by atomic mass is 10.0. The molecular weight excluding hydrogens is 258 g/mol. The van der Waals surface area contributed by atoms with Crippen molar-refractivity contribution in [1.82, 2.24) is 10.2 Å². The molecule has 2 aliphatic rings. The quantitative estimate of drug-likeness (QED) is 0.689. The van der Waals surface area contributed by atoms with Crippen molar-refractivity contribution in [3.63, 3.8) is 0 Å². The van der Waals surface area contributed by atoms with Gasteiger partial charge in [-0.15, -0.1) is 0 Å². The minimum Gasteiger partial charge on any atom is -0.375 e. The second-order valence-electron chi connectivity index (χ2n) is 5.49. The third kappa shape index (κ3) is 3.80. The first-order valence-electron chi connectivity index (χ1n) is 7.11. The maximum absolute atomic E-state index is 12.3. The van der Waals surface area contributed by atoms with Crippen LogP contribution in [0.25, 0.3) is 0 Å². The third-order valence-corrected chi connectivity index (χ3v) is 3.88.